The quantitative estimate of drug-likeness (QED) is 0.530. The predicted octanol–water partition coefficient (Wildman–Crippen LogP) is -0.198. The van der Waals surface area contributed by atoms with Gasteiger partial charge < -0.3 is 15.5 Å². The van der Waals surface area contributed by atoms with Gasteiger partial charge in [0, 0.05) is 21.1 Å². The molecule has 94 valence electrons. The van der Waals surface area contributed by atoms with Crippen LogP contribution < -0.4 is 10.6 Å². The number of carbonyl (C=O) groups excluding carboxylic acids is 1. The van der Waals surface area contributed by atoms with E-state index in [0.717, 1.165) is 7.05 Å². The van der Waals surface area contributed by atoms with Gasteiger partial charge >= 0.3 is 6.18 Å². The van der Waals surface area contributed by atoms with E-state index in [-0.39, 0.29) is 6.54 Å². The second-order valence-corrected chi connectivity index (χ2v) is 3.04. The molecule has 0 rings (SSSR count). The molecule has 0 bridgehead atoms. The van der Waals surface area contributed by atoms with Crippen molar-refractivity contribution >= 4 is 11.9 Å². The summed E-state index contributed by atoms with van der Waals surface area (Å²) in [5.74, 6) is -0.317. The van der Waals surface area contributed by atoms with Crippen LogP contribution in [-0.2, 0) is 4.79 Å². The van der Waals surface area contributed by atoms with Crippen LogP contribution in [-0.4, -0.2) is 57.2 Å². The first kappa shape index (κ1) is 14.5. The topological polar surface area (TPSA) is 56.7 Å². The van der Waals surface area contributed by atoms with Crippen molar-refractivity contribution in [3.63, 3.8) is 0 Å². The average molecular weight is 240 g/mol. The van der Waals surface area contributed by atoms with Crippen molar-refractivity contribution < 1.29 is 18.0 Å². The molecule has 0 fully saturated rings. The Labute approximate surface area is 91.7 Å². The van der Waals surface area contributed by atoms with Gasteiger partial charge in [-0.05, 0) is 0 Å². The van der Waals surface area contributed by atoms with Gasteiger partial charge in [-0.3, -0.25) is 9.79 Å². The molecule has 0 aromatic rings. The fourth-order valence-electron chi connectivity index (χ4n) is 0.931. The molecular formula is C8H15F3N4O. The molecule has 0 aromatic heterocycles. The molecule has 0 aromatic carbocycles. The molecule has 1 amide bonds. The highest BCUT2D eigenvalue weighted by Crippen LogP contribution is 2.15. The molecule has 0 radical (unpaired) electrons. The number of rotatable bonds is 3. The van der Waals surface area contributed by atoms with E-state index in [0.29, 0.717) is 10.9 Å². The number of alkyl halides is 3. The summed E-state index contributed by atoms with van der Waals surface area (Å²) < 4.78 is 35.8. The van der Waals surface area contributed by atoms with E-state index >= 15 is 0 Å². The van der Waals surface area contributed by atoms with E-state index in [4.69, 9.17) is 0 Å². The number of nitrogens with one attached hydrogen (secondary N) is 2. The van der Waals surface area contributed by atoms with Crippen molar-refractivity contribution in [3.05, 3.63) is 0 Å². The van der Waals surface area contributed by atoms with Crippen molar-refractivity contribution in [2.45, 2.75) is 6.18 Å². The van der Waals surface area contributed by atoms with Crippen molar-refractivity contribution in [2.75, 3.05) is 34.2 Å². The lowest BCUT2D eigenvalue weighted by Gasteiger charge is -2.19. The number of aliphatic imine (C=N–C) groups is 1. The molecule has 0 spiro atoms. The maximum Gasteiger partial charge on any atom is 0.406 e. The summed E-state index contributed by atoms with van der Waals surface area (Å²) >= 11 is 0. The van der Waals surface area contributed by atoms with Gasteiger partial charge in [-0.15, -0.1) is 0 Å². The number of amides is 1. The first-order valence-corrected chi connectivity index (χ1v) is 4.49. The van der Waals surface area contributed by atoms with E-state index < -0.39 is 18.6 Å². The smallest absolute Gasteiger partial charge is 0.359 e. The third-order valence-electron chi connectivity index (χ3n) is 1.71. The molecule has 5 nitrogen and oxygen atoms in total. The zero-order chi connectivity index (χ0) is 12.8. The van der Waals surface area contributed by atoms with E-state index in [1.165, 1.54) is 7.05 Å². The van der Waals surface area contributed by atoms with Crippen LogP contribution in [0.4, 0.5) is 13.2 Å². The van der Waals surface area contributed by atoms with Crippen LogP contribution in [0.15, 0.2) is 4.99 Å². The van der Waals surface area contributed by atoms with E-state index in [1.54, 1.807) is 7.05 Å². The second kappa shape index (κ2) is 6.19. The van der Waals surface area contributed by atoms with Crippen molar-refractivity contribution in [1.29, 1.82) is 0 Å². The Balaban J connectivity index is 4.07. The molecule has 0 saturated carbocycles. The Hall–Kier alpha value is -1.47. The van der Waals surface area contributed by atoms with Gasteiger partial charge in [0.2, 0.25) is 5.91 Å². The fraction of sp³-hybridized carbons (Fsp3) is 0.750. The summed E-state index contributed by atoms with van der Waals surface area (Å²) in [4.78, 5) is 15.6. The van der Waals surface area contributed by atoms with Crippen molar-refractivity contribution in [3.8, 4) is 0 Å². The van der Waals surface area contributed by atoms with E-state index in [9.17, 15) is 18.0 Å². The Kier molecular flexibility index (Phi) is 5.62. The number of likely N-dealkylation sites (N-methyl/N-ethyl adjacent to an activating group) is 1. The lowest BCUT2D eigenvalue weighted by Crippen LogP contribution is -2.44. The van der Waals surface area contributed by atoms with E-state index in [1.807, 2.05) is 0 Å². The Bertz CT molecular complexity index is 264. The molecule has 2 N–H and O–H groups in total. The van der Waals surface area contributed by atoms with Crippen LogP contribution in [0.5, 0.6) is 0 Å². The maximum atomic E-state index is 11.9. The Morgan fingerprint density at radius 3 is 2.38 bits per heavy atom. The van der Waals surface area contributed by atoms with Crippen LogP contribution in [0.3, 0.4) is 0 Å². The Morgan fingerprint density at radius 2 is 2.00 bits per heavy atom. The van der Waals surface area contributed by atoms with E-state index in [2.05, 4.69) is 15.6 Å². The highest BCUT2D eigenvalue weighted by atomic mass is 19.4. The largest absolute Gasteiger partial charge is 0.406 e. The number of nitrogens with zero attached hydrogens (tertiary/aromatic N) is 2. The van der Waals surface area contributed by atoms with Gasteiger partial charge in [-0.25, -0.2) is 0 Å². The molecule has 0 aliphatic rings. The van der Waals surface area contributed by atoms with Crippen LogP contribution in [0.2, 0.25) is 0 Å². The molecule has 0 heterocycles. The molecular weight excluding hydrogens is 225 g/mol. The van der Waals surface area contributed by atoms with Crippen LogP contribution in [0, 0.1) is 0 Å². The number of carbonyl (C=O) groups is 1. The number of hydrogen-bond acceptors (Lipinski definition) is 2. The minimum absolute atomic E-state index is 0.236. The molecule has 0 atom stereocenters. The highest BCUT2D eigenvalue weighted by molar-refractivity contribution is 5.86. The number of hydrogen-bond donors (Lipinski definition) is 2. The first-order chi connectivity index (χ1) is 7.30. The fourth-order valence-corrected chi connectivity index (χ4v) is 0.931. The summed E-state index contributed by atoms with van der Waals surface area (Å²) in [6.45, 7) is -1.49. The summed E-state index contributed by atoms with van der Waals surface area (Å²) in [5.41, 5.74) is 0. The molecule has 0 saturated heterocycles. The van der Waals surface area contributed by atoms with Crippen LogP contribution in [0.1, 0.15) is 0 Å². The highest BCUT2D eigenvalue weighted by Gasteiger charge is 2.30. The lowest BCUT2D eigenvalue weighted by molar-refractivity contribution is -0.157. The van der Waals surface area contributed by atoms with Crippen LogP contribution >= 0.6 is 0 Å². The number of guanidine groups is 1. The standard InChI is InChI=1S/C8H15F3N4O/c1-12-7(13-2)14-4-6(16)15(3)5-8(9,10)11/h4-5H2,1-3H3,(H2,12,13,14). The average Bonchev–Trinajstić information content (AvgIpc) is 2.16. The normalized spacial score (nSPS) is 12.2. The first-order valence-electron chi connectivity index (χ1n) is 4.49. The van der Waals surface area contributed by atoms with Crippen LogP contribution in [0.25, 0.3) is 0 Å². The van der Waals surface area contributed by atoms with Gasteiger partial charge in [0.1, 0.15) is 6.54 Å². The molecule has 0 aliphatic heterocycles. The summed E-state index contributed by atoms with van der Waals surface area (Å²) in [5, 5.41) is 5.21. The summed E-state index contributed by atoms with van der Waals surface area (Å²) in [6, 6.07) is 0. The molecule has 16 heavy (non-hydrogen) atoms. The van der Waals surface area contributed by atoms with Crippen molar-refractivity contribution in [1.82, 2.24) is 15.5 Å². The van der Waals surface area contributed by atoms with Gasteiger partial charge in [0.15, 0.2) is 5.96 Å². The summed E-state index contributed by atoms with van der Waals surface area (Å²) in [6.07, 6.45) is -4.38. The van der Waals surface area contributed by atoms with Gasteiger partial charge in [-0.2, -0.15) is 13.2 Å². The monoisotopic (exact) mass is 240 g/mol. The Morgan fingerprint density at radius 1 is 1.44 bits per heavy atom. The minimum atomic E-state index is -4.38. The molecule has 0 unspecified atom stereocenters. The zero-order valence-corrected chi connectivity index (χ0v) is 9.35. The van der Waals surface area contributed by atoms with Crippen molar-refractivity contribution in [2.24, 2.45) is 4.99 Å². The van der Waals surface area contributed by atoms with Gasteiger partial charge in [0.25, 0.3) is 0 Å². The lowest BCUT2D eigenvalue weighted by atomic mass is 10.4. The zero-order valence-electron chi connectivity index (χ0n) is 9.35. The third kappa shape index (κ3) is 6.10. The van der Waals surface area contributed by atoms with Gasteiger partial charge in [0.05, 0.1) is 6.54 Å². The third-order valence-corrected chi connectivity index (χ3v) is 1.71. The van der Waals surface area contributed by atoms with Gasteiger partial charge in [-0.1, -0.05) is 0 Å². The number of halogens is 3. The molecule has 0 aliphatic carbocycles. The molecule has 8 heteroatoms. The summed E-state index contributed by atoms with van der Waals surface area (Å²) in [7, 11) is 4.17. The predicted molar refractivity (Wildman–Crippen MR) is 54.1 cm³/mol. The SMILES string of the molecule is CN=C(NC)NCC(=O)N(C)CC(F)(F)F. The maximum absolute atomic E-state index is 11.9. The minimum Gasteiger partial charge on any atom is -0.359 e. The second-order valence-electron chi connectivity index (χ2n) is 3.04.